The first-order chi connectivity index (χ1) is 13.2. The van der Waals surface area contributed by atoms with Gasteiger partial charge in [0.05, 0.1) is 5.56 Å². The van der Waals surface area contributed by atoms with Crippen molar-refractivity contribution in [2.75, 3.05) is 49.1 Å². The van der Waals surface area contributed by atoms with Gasteiger partial charge in [0.1, 0.15) is 17.5 Å². The molecule has 2 aliphatic rings. The highest BCUT2D eigenvalue weighted by molar-refractivity contribution is 5.99. The summed E-state index contributed by atoms with van der Waals surface area (Å²) in [5.41, 5.74) is 0.728. The minimum absolute atomic E-state index is 0.117. The summed E-state index contributed by atoms with van der Waals surface area (Å²) in [4.78, 5) is 32.7. The lowest BCUT2D eigenvalue weighted by Crippen LogP contribution is -2.48. The molecule has 2 aliphatic heterocycles. The third kappa shape index (κ3) is 3.86. The molecule has 0 spiro atoms. The lowest BCUT2D eigenvalue weighted by Gasteiger charge is -2.37. The highest BCUT2D eigenvalue weighted by atomic mass is 16.2. The van der Waals surface area contributed by atoms with E-state index in [0.717, 1.165) is 75.1 Å². The van der Waals surface area contributed by atoms with E-state index >= 15 is 0 Å². The smallest absolute Gasteiger partial charge is 0.257 e. The molecule has 1 amide bonds. The maximum Gasteiger partial charge on any atom is 0.257 e. The van der Waals surface area contributed by atoms with Crippen LogP contribution in [0.5, 0.6) is 0 Å². The summed E-state index contributed by atoms with van der Waals surface area (Å²) in [6.07, 6.45) is 6.99. The van der Waals surface area contributed by atoms with Crippen LogP contribution in [-0.4, -0.2) is 65.0 Å². The van der Waals surface area contributed by atoms with Crippen LogP contribution >= 0.6 is 0 Å². The molecule has 0 aromatic carbocycles. The largest absolute Gasteiger partial charge is 0.353 e. The Morgan fingerprint density at radius 3 is 2.37 bits per heavy atom. The average molecular weight is 366 g/mol. The van der Waals surface area contributed by atoms with Crippen molar-refractivity contribution in [3.05, 3.63) is 42.0 Å². The summed E-state index contributed by atoms with van der Waals surface area (Å²) in [5.74, 6) is 2.68. The van der Waals surface area contributed by atoms with E-state index in [2.05, 4.69) is 24.8 Å². The summed E-state index contributed by atoms with van der Waals surface area (Å²) < 4.78 is 0. The topological polar surface area (TPSA) is 65.5 Å². The third-order valence-electron chi connectivity index (χ3n) is 5.32. The Morgan fingerprint density at radius 1 is 0.889 bits per heavy atom. The zero-order valence-corrected chi connectivity index (χ0v) is 15.8. The molecule has 2 aromatic rings. The molecule has 0 atom stereocenters. The average Bonchev–Trinajstić information content (AvgIpc) is 2.74. The molecule has 27 heavy (non-hydrogen) atoms. The van der Waals surface area contributed by atoms with Gasteiger partial charge in [0.25, 0.3) is 5.91 Å². The standard InChI is InChI=1S/C20H26N6O/c1-16-21-9-7-18(23-16)24-12-14-25(15-13-24)19-17(6-5-8-22-19)20(27)26-10-3-2-4-11-26/h5-9H,2-4,10-15H2,1H3. The van der Waals surface area contributed by atoms with E-state index in [1.165, 1.54) is 6.42 Å². The number of hydrogen-bond donors (Lipinski definition) is 0. The van der Waals surface area contributed by atoms with Crippen LogP contribution in [0.25, 0.3) is 0 Å². The SMILES string of the molecule is Cc1nccc(N2CCN(c3ncccc3C(=O)N3CCCCC3)CC2)n1. The second-order valence-corrected chi connectivity index (χ2v) is 7.16. The Morgan fingerprint density at radius 2 is 1.63 bits per heavy atom. The molecule has 0 N–H and O–H groups in total. The Kier molecular flexibility index (Phi) is 5.18. The maximum absolute atomic E-state index is 13.0. The van der Waals surface area contributed by atoms with Gasteiger partial charge in [-0.3, -0.25) is 4.79 Å². The minimum Gasteiger partial charge on any atom is -0.353 e. The van der Waals surface area contributed by atoms with Gasteiger partial charge in [0.2, 0.25) is 0 Å². The van der Waals surface area contributed by atoms with E-state index in [-0.39, 0.29) is 5.91 Å². The normalized spacial score (nSPS) is 17.9. The second kappa shape index (κ2) is 7.90. The van der Waals surface area contributed by atoms with Crippen LogP contribution in [-0.2, 0) is 0 Å². The molecule has 4 heterocycles. The molecule has 7 nitrogen and oxygen atoms in total. The van der Waals surface area contributed by atoms with E-state index in [9.17, 15) is 4.79 Å². The fraction of sp³-hybridized carbons (Fsp3) is 0.500. The minimum atomic E-state index is 0.117. The van der Waals surface area contributed by atoms with Gasteiger partial charge in [0.15, 0.2) is 0 Å². The van der Waals surface area contributed by atoms with Crippen molar-refractivity contribution in [2.45, 2.75) is 26.2 Å². The number of piperidine rings is 1. The monoisotopic (exact) mass is 366 g/mol. The molecule has 0 aliphatic carbocycles. The Bertz CT molecular complexity index is 797. The van der Waals surface area contributed by atoms with Crippen molar-refractivity contribution in [3.8, 4) is 0 Å². The molecule has 4 rings (SSSR count). The van der Waals surface area contributed by atoms with Crippen molar-refractivity contribution in [2.24, 2.45) is 0 Å². The van der Waals surface area contributed by atoms with Gasteiger partial charge in [-0.05, 0) is 44.4 Å². The lowest BCUT2D eigenvalue weighted by atomic mass is 10.1. The number of piperazine rings is 1. The lowest BCUT2D eigenvalue weighted by molar-refractivity contribution is 0.0724. The number of aromatic nitrogens is 3. The van der Waals surface area contributed by atoms with Gasteiger partial charge < -0.3 is 14.7 Å². The second-order valence-electron chi connectivity index (χ2n) is 7.16. The van der Waals surface area contributed by atoms with Gasteiger partial charge in [0, 0.05) is 51.7 Å². The van der Waals surface area contributed by atoms with E-state index in [0.29, 0.717) is 0 Å². The number of carbonyl (C=O) groups is 1. The van der Waals surface area contributed by atoms with Crippen LogP contribution in [0.4, 0.5) is 11.6 Å². The number of pyridine rings is 1. The molecule has 0 unspecified atom stereocenters. The van der Waals surface area contributed by atoms with Crippen molar-refractivity contribution < 1.29 is 4.79 Å². The number of amides is 1. The predicted octanol–water partition coefficient (Wildman–Crippen LogP) is 2.13. The first kappa shape index (κ1) is 17.7. The summed E-state index contributed by atoms with van der Waals surface area (Å²) in [6, 6.07) is 5.73. The highest BCUT2D eigenvalue weighted by Crippen LogP contribution is 2.23. The Balaban J connectivity index is 1.48. The molecule has 2 aromatic heterocycles. The quantitative estimate of drug-likeness (QED) is 0.829. The van der Waals surface area contributed by atoms with Crippen molar-refractivity contribution >= 4 is 17.5 Å². The summed E-state index contributed by atoms with van der Waals surface area (Å²) in [7, 11) is 0. The number of nitrogens with zero attached hydrogens (tertiary/aromatic N) is 6. The van der Waals surface area contributed by atoms with Crippen LogP contribution in [0.2, 0.25) is 0 Å². The van der Waals surface area contributed by atoms with Gasteiger partial charge in [-0.25, -0.2) is 15.0 Å². The summed E-state index contributed by atoms with van der Waals surface area (Å²) >= 11 is 0. The number of hydrogen-bond acceptors (Lipinski definition) is 6. The summed E-state index contributed by atoms with van der Waals surface area (Å²) in [6.45, 7) is 6.96. The molecule has 0 saturated carbocycles. The molecule has 0 bridgehead atoms. The first-order valence-electron chi connectivity index (χ1n) is 9.76. The maximum atomic E-state index is 13.0. The number of anilines is 2. The van der Waals surface area contributed by atoms with Gasteiger partial charge in [-0.2, -0.15) is 0 Å². The van der Waals surface area contributed by atoms with Gasteiger partial charge in [-0.15, -0.1) is 0 Å². The third-order valence-corrected chi connectivity index (χ3v) is 5.32. The number of rotatable bonds is 3. The zero-order chi connectivity index (χ0) is 18.6. The van der Waals surface area contributed by atoms with Crippen molar-refractivity contribution in [3.63, 3.8) is 0 Å². The molecule has 2 fully saturated rings. The van der Waals surface area contributed by atoms with Crippen LogP contribution < -0.4 is 9.80 Å². The fourth-order valence-electron chi connectivity index (χ4n) is 3.85. The van der Waals surface area contributed by atoms with Crippen LogP contribution in [0.1, 0.15) is 35.4 Å². The predicted molar refractivity (Wildman–Crippen MR) is 105 cm³/mol. The van der Waals surface area contributed by atoms with Crippen molar-refractivity contribution in [1.29, 1.82) is 0 Å². The van der Waals surface area contributed by atoms with Crippen LogP contribution in [0.15, 0.2) is 30.6 Å². The molecular formula is C20H26N6O. The van der Waals surface area contributed by atoms with E-state index in [1.54, 1.807) is 12.4 Å². The zero-order valence-electron chi connectivity index (χ0n) is 15.8. The fourth-order valence-corrected chi connectivity index (χ4v) is 3.85. The van der Waals surface area contributed by atoms with E-state index in [1.807, 2.05) is 30.0 Å². The molecule has 7 heteroatoms. The molecule has 0 radical (unpaired) electrons. The number of likely N-dealkylation sites (tertiary alicyclic amines) is 1. The van der Waals surface area contributed by atoms with Crippen LogP contribution in [0.3, 0.4) is 0 Å². The molecular weight excluding hydrogens is 340 g/mol. The van der Waals surface area contributed by atoms with Crippen LogP contribution in [0, 0.1) is 6.92 Å². The molecule has 2 saturated heterocycles. The number of aryl methyl sites for hydroxylation is 1. The Hall–Kier alpha value is -2.70. The Labute approximate surface area is 160 Å². The first-order valence-corrected chi connectivity index (χ1v) is 9.76. The molecule has 142 valence electrons. The summed E-state index contributed by atoms with van der Waals surface area (Å²) in [5, 5.41) is 0. The van der Waals surface area contributed by atoms with Gasteiger partial charge in [-0.1, -0.05) is 0 Å². The van der Waals surface area contributed by atoms with Crippen molar-refractivity contribution in [1.82, 2.24) is 19.9 Å². The number of carbonyl (C=O) groups excluding carboxylic acids is 1. The van der Waals surface area contributed by atoms with E-state index in [4.69, 9.17) is 0 Å². The van der Waals surface area contributed by atoms with E-state index < -0.39 is 0 Å². The highest BCUT2D eigenvalue weighted by Gasteiger charge is 2.26. The van der Waals surface area contributed by atoms with Gasteiger partial charge >= 0.3 is 0 Å².